The number of hydrogen-bond acceptors (Lipinski definition) is 11. The van der Waals surface area contributed by atoms with Gasteiger partial charge in [-0.05, 0) is 130 Å². The number of nitrogens with zero attached hydrogens (tertiary/aromatic N) is 5. The second kappa shape index (κ2) is 22.4. The molecule has 3 saturated heterocycles. The Kier molecular flexibility index (Phi) is 16.2. The molecule has 4 heterocycles. The van der Waals surface area contributed by atoms with Crippen LogP contribution in [0.25, 0.3) is 22.4 Å². The van der Waals surface area contributed by atoms with Crippen molar-refractivity contribution >= 4 is 68.8 Å². The Labute approximate surface area is 439 Å². The summed E-state index contributed by atoms with van der Waals surface area (Å²) >= 11 is 7.99. The average Bonchev–Trinajstić information content (AvgIpc) is 3.88. The minimum atomic E-state index is -3.81. The zero-order valence-corrected chi connectivity index (χ0v) is 45.2. The van der Waals surface area contributed by atoms with Gasteiger partial charge in [0.25, 0.3) is 0 Å². The molecule has 9 rings (SSSR count). The molecule has 0 saturated carbocycles. The normalized spacial score (nSPS) is 19.7. The van der Waals surface area contributed by atoms with E-state index in [1.807, 2.05) is 85.8 Å². The summed E-state index contributed by atoms with van der Waals surface area (Å²) in [5, 5.41) is 36.5. The fraction of sp³-hybridized carbons (Fsp3) is 0.375. The molecule has 0 bridgehead atoms. The van der Waals surface area contributed by atoms with Gasteiger partial charge in [0.1, 0.15) is 0 Å². The van der Waals surface area contributed by atoms with Crippen molar-refractivity contribution < 1.29 is 33.2 Å². The van der Waals surface area contributed by atoms with E-state index in [1.54, 1.807) is 23.9 Å². The summed E-state index contributed by atoms with van der Waals surface area (Å²) in [7, 11) is -7.54. The van der Waals surface area contributed by atoms with Gasteiger partial charge in [-0.1, -0.05) is 66.2 Å². The maximum atomic E-state index is 15.3. The standard InChI is InChI=1S/C56H66ClN6O7PS2/c1-38(2)63-39(3)53(56(65)66)54(55(63)41-13-17-43(57)18-14-41)42-9-8-10-46(35-42)61-33-31-60(32-34-61)45-19-15-40(16-20-45)51-26-30-62(67)71(51,68)48-21-22-50(52(36-48)73(4,69)70)58-44(37-72-49-11-6-5-7-12-49)23-27-59-28-24-47(64)25-29-59/h5-22,35-36,38,44,47,51,58,64,67H,23-34,37H2,1-4H3,(H,65,66)/t44-,51-,71?/m1/s1. The first-order chi connectivity index (χ1) is 35.0. The van der Waals surface area contributed by atoms with Gasteiger partial charge in [-0.25, -0.2) is 13.2 Å². The Morgan fingerprint density at radius 3 is 2.12 bits per heavy atom. The van der Waals surface area contributed by atoms with Crippen LogP contribution in [0, 0.1) is 6.92 Å². The Balaban J connectivity index is 0.909. The second-order valence-corrected chi connectivity index (χ2v) is 26.2. The van der Waals surface area contributed by atoms with Crippen molar-refractivity contribution in [2.75, 3.05) is 79.5 Å². The molecule has 1 unspecified atom stereocenters. The maximum Gasteiger partial charge on any atom is 0.338 e. The third kappa shape index (κ3) is 11.5. The van der Waals surface area contributed by atoms with Gasteiger partial charge in [0.05, 0.1) is 33.6 Å². The highest BCUT2D eigenvalue weighted by Gasteiger charge is 2.47. The van der Waals surface area contributed by atoms with Gasteiger partial charge in [0.2, 0.25) is 7.29 Å². The third-order valence-electron chi connectivity index (χ3n) is 14.7. The predicted octanol–water partition coefficient (Wildman–Crippen LogP) is 11.0. The number of likely N-dealkylation sites (tertiary alicyclic amines) is 1. The van der Waals surface area contributed by atoms with Crippen LogP contribution in [0.15, 0.2) is 131 Å². The van der Waals surface area contributed by atoms with Crippen LogP contribution in [0.1, 0.15) is 72.8 Å². The second-order valence-electron chi connectivity index (χ2n) is 19.9. The summed E-state index contributed by atoms with van der Waals surface area (Å²) in [6.07, 6.45) is 3.56. The van der Waals surface area contributed by atoms with E-state index < -0.39 is 28.8 Å². The predicted molar refractivity (Wildman–Crippen MR) is 297 cm³/mol. The molecule has 0 aliphatic carbocycles. The van der Waals surface area contributed by atoms with Gasteiger partial charge in [0, 0.05) is 114 Å². The Morgan fingerprint density at radius 2 is 1.48 bits per heavy atom. The number of sulfone groups is 1. The highest BCUT2D eigenvalue weighted by Crippen LogP contribution is 2.66. The molecule has 3 atom stereocenters. The number of nitrogens with one attached hydrogen (secondary N) is 1. The van der Waals surface area contributed by atoms with E-state index in [-0.39, 0.29) is 35.2 Å². The van der Waals surface area contributed by atoms with Crippen molar-refractivity contribution in [3.63, 3.8) is 0 Å². The number of benzene rings is 5. The summed E-state index contributed by atoms with van der Waals surface area (Å²) in [5.74, 6) is -0.283. The first kappa shape index (κ1) is 52.8. The summed E-state index contributed by atoms with van der Waals surface area (Å²) in [6, 6.07) is 38.7. The number of piperidine rings is 1. The van der Waals surface area contributed by atoms with Crippen LogP contribution >= 0.6 is 30.7 Å². The minimum Gasteiger partial charge on any atom is -0.478 e. The number of rotatable bonds is 17. The van der Waals surface area contributed by atoms with Crippen molar-refractivity contribution in [1.29, 1.82) is 0 Å². The monoisotopic (exact) mass is 1060 g/mol. The van der Waals surface area contributed by atoms with E-state index in [4.69, 9.17) is 11.6 Å². The van der Waals surface area contributed by atoms with Gasteiger partial charge >= 0.3 is 5.97 Å². The molecular formula is C56H66ClN6O7PS2. The summed E-state index contributed by atoms with van der Waals surface area (Å²) in [5.41, 5.74) is 6.95. The van der Waals surface area contributed by atoms with Gasteiger partial charge in [-0.15, -0.1) is 16.6 Å². The van der Waals surface area contributed by atoms with Crippen molar-refractivity contribution in [2.24, 2.45) is 0 Å². The Hall–Kier alpha value is -5.09. The molecule has 0 radical (unpaired) electrons. The average molecular weight is 1070 g/mol. The van der Waals surface area contributed by atoms with E-state index in [9.17, 15) is 28.6 Å². The van der Waals surface area contributed by atoms with Crippen LogP contribution in [0.3, 0.4) is 0 Å². The van der Waals surface area contributed by atoms with Crippen LogP contribution in [0.5, 0.6) is 0 Å². The molecule has 6 aromatic rings. The minimum absolute atomic E-state index is 0.0116. The Bertz CT molecular complexity index is 3070. The van der Waals surface area contributed by atoms with Crippen molar-refractivity contribution in [1.82, 2.24) is 14.3 Å². The Morgan fingerprint density at radius 1 is 0.808 bits per heavy atom. The molecule has 5 aromatic carbocycles. The lowest BCUT2D eigenvalue weighted by Crippen LogP contribution is -2.46. The molecule has 0 amide bonds. The fourth-order valence-electron chi connectivity index (χ4n) is 10.9. The van der Waals surface area contributed by atoms with Crippen molar-refractivity contribution in [2.45, 2.75) is 80.1 Å². The number of carboxylic acids is 1. The van der Waals surface area contributed by atoms with E-state index >= 15 is 4.57 Å². The molecule has 0 spiro atoms. The summed E-state index contributed by atoms with van der Waals surface area (Å²) in [6.45, 7) is 11.5. The molecule has 386 valence electrons. The molecular weight excluding hydrogens is 999 g/mol. The van der Waals surface area contributed by atoms with Crippen LogP contribution < -0.4 is 20.4 Å². The number of anilines is 3. The summed E-state index contributed by atoms with van der Waals surface area (Å²) < 4.78 is 44.6. The lowest BCUT2D eigenvalue weighted by molar-refractivity contribution is 0.0117. The van der Waals surface area contributed by atoms with Crippen molar-refractivity contribution in [3.8, 4) is 22.4 Å². The molecule has 1 aromatic heterocycles. The highest BCUT2D eigenvalue weighted by atomic mass is 35.5. The number of hydroxylamine groups is 1. The number of piperazine rings is 1. The first-order valence-electron chi connectivity index (χ1n) is 25.2. The zero-order chi connectivity index (χ0) is 51.6. The molecule has 3 fully saturated rings. The van der Waals surface area contributed by atoms with Crippen LogP contribution in [0.4, 0.5) is 17.1 Å². The SMILES string of the molecule is Cc1c(C(=O)O)c(-c2cccc(N3CCN(c4ccc([C@H]5CCN(O)P5(=O)c5ccc(N[C@H](CCN6CCC(O)CC6)CSc6ccccc6)c(S(C)(=O)=O)c5)cc4)CC3)c2)c(-c2ccc(Cl)cc2)n1C(C)C. The molecule has 17 heteroatoms. The summed E-state index contributed by atoms with van der Waals surface area (Å²) in [4.78, 5) is 22.0. The van der Waals surface area contributed by atoms with Gasteiger partial charge in [0.15, 0.2) is 9.84 Å². The van der Waals surface area contributed by atoms with Gasteiger partial charge in [-0.2, -0.15) is 0 Å². The van der Waals surface area contributed by atoms with E-state index in [0.29, 0.717) is 39.4 Å². The van der Waals surface area contributed by atoms with E-state index in [2.05, 4.69) is 62.7 Å². The van der Waals surface area contributed by atoms with Crippen LogP contribution in [-0.2, 0) is 14.4 Å². The number of aliphatic hydroxyl groups is 1. The van der Waals surface area contributed by atoms with Crippen LogP contribution in [0.2, 0.25) is 5.02 Å². The topological polar surface area (TPSA) is 159 Å². The maximum absolute atomic E-state index is 15.3. The van der Waals surface area contributed by atoms with Crippen LogP contribution in [-0.4, -0.2) is 121 Å². The fourth-order valence-corrected chi connectivity index (χ4v) is 16.0. The number of aromatic carboxylic acids is 1. The molecule has 3 aliphatic heterocycles. The van der Waals surface area contributed by atoms with Gasteiger partial charge in [-0.3, -0.25) is 4.57 Å². The zero-order valence-electron chi connectivity index (χ0n) is 41.9. The molecule has 3 aliphatic rings. The highest BCUT2D eigenvalue weighted by molar-refractivity contribution is 7.99. The van der Waals surface area contributed by atoms with Gasteiger partial charge < -0.3 is 40.0 Å². The van der Waals surface area contributed by atoms with Crippen molar-refractivity contribution in [3.05, 3.63) is 143 Å². The number of thioether (sulfide) groups is 1. The molecule has 4 N–H and O–H groups in total. The number of aromatic nitrogens is 1. The number of aliphatic hydroxyl groups excluding tert-OH is 1. The smallest absolute Gasteiger partial charge is 0.338 e. The number of hydrogen-bond donors (Lipinski definition) is 4. The largest absolute Gasteiger partial charge is 0.478 e. The lowest BCUT2D eigenvalue weighted by Gasteiger charge is -2.37. The molecule has 73 heavy (non-hydrogen) atoms. The van der Waals surface area contributed by atoms with E-state index in [0.717, 1.165) is 109 Å². The number of carbonyl (C=O) groups is 1. The first-order valence-corrected chi connectivity index (χ1v) is 30.2. The number of carboxylic acid groups (broad SMARTS) is 1. The lowest BCUT2D eigenvalue weighted by atomic mass is 9.96. The number of halogens is 1. The third-order valence-corrected chi connectivity index (χ3v) is 20.6. The van der Waals surface area contributed by atoms with E-state index in [1.165, 1.54) is 12.3 Å². The quantitative estimate of drug-likeness (QED) is 0.0506. The molecule has 13 nitrogen and oxygen atoms in total.